The summed E-state index contributed by atoms with van der Waals surface area (Å²) >= 11 is 0. The second kappa shape index (κ2) is 11.7. The second-order valence-corrected chi connectivity index (χ2v) is 11.6. The Morgan fingerprint density at radius 1 is 1.07 bits per heavy atom. The van der Waals surface area contributed by atoms with E-state index in [1.54, 1.807) is 18.2 Å². The lowest BCUT2D eigenvalue weighted by molar-refractivity contribution is 0.1000. The van der Waals surface area contributed by atoms with Gasteiger partial charge in [0.1, 0.15) is 5.69 Å². The van der Waals surface area contributed by atoms with Gasteiger partial charge in [0.2, 0.25) is 5.91 Å². The molecule has 3 N–H and O–H groups in total. The maximum atomic E-state index is 11.7. The molecule has 0 atom stereocenters. The topological polar surface area (TPSA) is 117 Å². The quantitative estimate of drug-likeness (QED) is 0.254. The highest BCUT2D eigenvalue weighted by atomic mass is 16.1. The first-order valence-electron chi connectivity index (χ1n) is 14.7. The highest BCUT2D eigenvalue weighted by Crippen LogP contribution is 2.39. The number of hydrogen-bond acceptors (Lipinski definition) is 6. The largest absolute Gasteiger partial charge is 0.366 e. The van der Waals surface area contributed by atoms with Crippen LogP contribution in [0.4, 0.5) is 17.1 Å². The van der Waals surface area contributed by atoms with Crippen molar-refractivity contribution in [2.75, 3.05) is 18.0 Å². The number of nitrogens with zero attached hydrogens (tertiary/aromatic N) is 6. The van der Waals surface area contributed by atoms with E-state index in [1.807, 2.05) is 74.0 Å². The molecular weight excluding hydrogens is 548 g/mol. The number of nitrogens with two attached hydrogens (primary N) is 1. The number of aromatic nitrogens is 4. The number of piperidine rings is 1. The molecule has 5 aromatic rings. The van der Waals surface area contributed by atoms with Crippen molar-refractivity contribution < 1.29 is 4.79 Å². The van der Waals surface area contributed by atoms with E-state index in [1.165, 1.54) is 0 Å². The molecule has 1 fully saturated rings. The first-order chi connectivity index (χ1) is 21.2. The number of pyridine rings is 1. The Labute approximate surface area is 256 Å². The fraction of sp³-hybridized carbons (Fsp3) is 0.257. The molecule has 0 bridgehead atoms. The summed E-state index contributed by atoms with van der Waals surface area (Å²) in [5.74, 6) is 5.95. The van der Waals surface area contributed by atoms with Crippen LogP contribution < -0.4 is 16.0 Å². The number of aryl methyl sites for hydroxylation is 1. The average molecular weight is 583 g/mol. The molecule has 0 spiro atoms. The molecular formula is C35H34N8O. The summed E-state index contributed by atoms with van der Waals surface area (Å²) in [6.45, 7) is 7.73. The summed E-state index contributed by atoms with van der Waals surface area (Å²) in [6.07, 6.45) is 7.99. The van der Waals surface area contributed by atoms with Crippen LogP contribution in [0.15, 0.2) is 79.3 Å². The Hall–Kier alpha value is -5.38. The van der Waals surface area contributed by atoms with Gasteiger partial charge in [-0.2, -0.15) is 10.4 Å². The third-order valence-corrected chi connectivity index (χ3v) is 8.15. The zero-order valence-electron chi connectivity index (χ0n) is 25.1. The number of rotatable bonds is 6. The SMILES string of the molecule is Cc1nc2c(N(c3cccc(C(C)(C)C#N)c3)c3cnn(C4CCNCC4)c3)cccn2c1C#Cc1cccc(C(N)=O)c1. The number of benzene rings is 2. The predicted molar refractivity (Wildman–Crippen MR) is 171 cm³/mol. The summed E-state index contributed by atoms with van der Waals surface area (Å²) in [7, 11) is 0. The van der Waals surface area contributed by atoms with Crippen LogP contribution in [0.2, 0.25) is 0 Å². The zero-order chi connectivity index (χ0) is 30.8. The fourth-order valence-electron chi connectivity index (χ4n) is 5.61. The van der Waals surface area contributed by atoms with Gasteiger partial charge in [0.25, 0.3) is 0 Å². The Morgan fingerprint density at radius 3 is 2.64 bits per heavy atom. The Kier molecular flexibility index (Phi) is 7.65. The summed E-state index contributed by atoms with van der Waals surface area (Å²) in [5.41, 5.74) is 11.8. The van der Waals surface area contributed by atoms with Gasteiger partial charge < -0.3 is 16.0 Å². The van der Waals surface area contributed by atoms with Crippen LogP contribution in [-0.2, 0) is 5.41 Å². The number of carbonyl (C=O) groups excluding carboxylic acids is 1. The number of fused-ring (bicyclic) bond motifs is 1. The highest BCUT2D eigenvalue weighted by Gasteiger charge is 2.25. The van der Waals surface area contributed by atoms with Crippen molar-refractivity contribution in [2.24, 2.45) is 5.73 Å². The van der Waals surface area contributed by atoms with Gasteiger partial charge in [-0.3, -0.25) is 13.9 Å². The summed E-state index contributed by atoms with van der Waals surface area (Å²) in [4.78, 5) is 18.8. The lowest BCUT2D eigenvalue weighted by Crippen LogP contribution is -2.29. The number of imidazole rings is 1. The number of hydrogen-bond donors (Lipinski definition) is 2. The molecule has 2 aromatic carbocycles. The Bertz CT molecular complexity index is 1960. The molecule has 0 unspecified atom stereocenters. The molecule has 220 valence electrons. The standard InChI is InChI=1S/C35H34N8O/c1-24-31(13-12-25-7-4-8-26(19-25)33(37)44)41-18-6-11-32(34(41)40-24)43(29-10-5-9-27(20-29)35(2,3)23-36)30-21-39-42(22-30)28-14-16-38-17-15-28/h4-11,18-22,28,38H,14-17H2,1-3H3,(H2,37,44). The number of nitriles is 1. The molecule has 0 saturated carbocycles. The van der Waals surface area contributed by atoms with Crippen molar-refractivity contribution in [1.82, 2.24) is 24.5 Å². The Balaban J connectivity index is 1.49. The summed E-state index contributed by atoms with van der Waals surface area (Å²) in [6, 6.07) is 21.9. The van der Waals surface area contributed by atoms with Gasteiger partial charge >= 0.3 is 0 Å². The predicted octanol–water partition coefficient (Wildman–Crippen LogP) is 5.53. The molecule has 1 aliphatic rings. The molecule has 1 saturated heterocycles. The second-order valence-electron chi connectivity index (χ2n) is 11.6. The number of nitrogens with one attached hydrogen (secondary N) is 1. The minimum absolute atomic E-state index is 0.329. The maximum absolute atomic E-state index is 11.7. The number of anilines is 3. The van der Waals surface area contributed by atoms with Crippen molar-refractivity contribution in [3.05, 3.63) is 107 Å². The van der Waals surface area contributed by atoms with Crippen LogP contribution >= 0.6 is 0 Å². The van der Waals surface area contributed by atoms with Gasteiger partial charge in [0.05, 0.1) is 40.8 Å². The maximum Gasteiger partial charge on any atom is 0.248 e. The third kappa shape index (κ3) is 5.54. The van der Waals surface area contributed by atoms with Crippen LogP contribution in [0.5, 0.6) is 0 Å². The third-order valence-electron chi connectivity index (χ3n) is 8.15. The zero-order valence-corrected chi connectivity index (χ0v) is 25.1. The molecule has 6 rings (SSSR count). The molecule has 9 heteroatoms. The van der Waals surface area contributed by atoms with Crippen molar-refractivity contribution in [2.45, 2.75) is 45.1 Å². The van der Waals surface area contributed by atoms with Crippen LogP contribution in [0.25, 0.3) is 5.65 Å². The minimum atomic E-state index is -0.661. The Morgan fingerprint density at radius 2 is 1.86 bits per heavy atom. The van der Waals surface area contributed by atoms with E-state index in [4.69, 9.17) is 15.8 Å². The summed E-state index contributed by atoms with van der Waals surface area (Å²) < 4.78 is 4.06. The molecule has 4 heterocycles. The monoisotopic (exact) mass is 582 g/mol. The molecule has 9 nitrogen and oxygen atoms in total. The highest BCUT2D eigenvalue weighted by molar-refractivity contribution is 5.93. The van der Waals surface area contributed by atoms with Crippen LogP contribution in [0.3, 0.4) is 0 Å². The lowest BCUT2D eigenvalue weighted by atomic mass is 9.86. The van der Waals surface area contributed by atoms with E-state index in [0.29, 0.717) is 17.2 Å². The first kappa shape index (κ1) is 28.7. The molecule has 1 aliphatic heterocycles. The normalized spacial score (nSPS) is 13.7. The first-order valence-corrected chi connectivity index (χ1v) is 14.7. The molecule has 0 aliphatic carbocycles. The van der Waals surface area contributed by atoms with E-state index in [-0.39, 0.29) is 0 Å². The average Bonchev–Trinajstić information content (AvgIpc) is 3.65. The van der Waals surface area contributed by atoms with Crippen LogP contribution in [0.1, 0.15) is 65.6 Å². The van der Waals surface area contributed by atoms with Gasteiger partial charge in [-0.25, -0.2) is 4.98 Å². The number of primary amides is 1. The van der Waals surface area contributed by atoms with E-state index in [9.17, 15) is 10.1 Å². The molecule has 44 heavy (non-hydrogen) atoms. The van der Waals surface area contributed by atoms with Crippen LogP contribution in [-0.4, -0.2) is 38.2 Å². The van der Waals surface area contributed by atoms with Gasteiger partial charge in [-0.15, -0.1) is 0 Å². The van der Waals surface area contributed by atoms with E-state index >= 15 is 0 Å². The lowest BCUT2D eigenvalue weighted by Gasteiger charge is -2.26. The van der Waals surface area contributed by atoms with Gasteiger partial charge in [0.15, 0.2) is 5.65 Å². The summed E-state index contributed by atoms with van der Waals surface area (Å²) in [5, 5.41) is 18.1. The van der Waals surface area contributed by atoms with E-state index in [0.717, 1.165) is 65.6 Å². The number of carbonyl (C=O) groups is 1. The smallest absolute Gasteiger partial charge is 0.248 e. The minimum Gasteiger partial charge on any atom is -0.366 e. The van der Waals surface area contributed by atoms with Gasteiger partial charge in [0, 0.05) is 29.2 Å². The fourth-order valence-corrected chi connectivity index (χ4v) is 5.61. The number of amides is 1. The van der Waals surface area contributed by atoms with Crippen molar-refractivity contribution >= 4 is 28.6 Å². The molecule has 1 amide bonds. The molecule has 3 aromatic heterocycles. The van der Waals surface area contributed by atoms with Crippen molar-refractivity contribution in [3.63, 3.8) is 0 Å². The van der Waals surface area contributed by atoms with Gasteiger partial charge in [-0.05, 0) is 101 Å². The van der Waals surface area contributed by atoms with Gasteiger partial charge in [-0.1, -0.05) is 24.1 Å². The van der Waals surface area contributed by atoms with E-state index in [2.05, 4.69) is 45.1 Å². The van der Waals surface area contributed by atoms with Crippen molar-refractivity contribution in [3.8, 4) is 17.9 Å². The van der Waals surface area contributed by atoms with Crippen molar-refractivity contribution in [1.29, 1.82) is 5.26 Å². The van der Waals surface area contributed by atoms with Crippen LogP contribution in [0, 0.1) is 30.1 Å². The van der Waals surface area contributed by atoms with E-state index < -0.39 is 11.3 Å². The molecule has 0 radical (unpaired) electrons.